The molecular formula is C9H7ClN2O6S2. The maximum Gasteiger partial charge on any atom is 0.383 e. The largest absolute Gasteiger partial charge is 0.462 e. The summed E-state index contributed by atoms with van der Waals surface area (Å²) in [5.74, 6) is -0.301. The highest BCUT2D eigenvalue weighted by Crippen LogP contribution is 2.19. The second-order valence-electron chi connectivity index (χ2n) is 2.66. The van der Waals surface area contributed by atoms with Gasteiger partial charge in [0.1, 0.15) is 4.88 Å². The van der Waals surface area contributed by atoms with Crippen LogP contribution in [0, 0.1) is 0 Å². The summed E-state index contributed by atoms with van der Waals surface area (Å²) in [6.45, 7) is 2.17. The fourth-order valence-electron chi connectivity index (χ4n) is 0.737. The van der Waals surface area contributed by atoms with Crippen LogP contribution in [-0.2, 0) is 24.5 Å². The number of isocyanates is 2. The van der Waals surface area contributed by atoms with Gasteiger partial charge in [0.05, 0.1) is 11.6 Å². The van der Waals surface area contributed by atoms with E-state index in [9.17, 15) is 22.8 Å². The van der Waals surface area contributed by atoms with Gasteiger partial charge in [-0.1, -0.05) is 20.4 Å². The number of hydrogen-bond acceptors (Lipinski definition) is 7. The maximum atomic E-state index is 11.0. The molecule has 11 heteroatoms. The lowest BCUT2D eigenvalue weighted by Gasteiger charge is -1.95. The zero-order chi connectivity index (χ0) is 15.6. The first-order valence-electron chi connectivity index (χ1n) is 4.70. The quantitative estimate of drug-likeness (QED) is 0.466. The second kappa shape index (κ2) is 9.13. The number of ether oxygens (including phenoxy) is 1. The SMILES string of the molecule is CCOC(=O)c1cc(Cl)cs1.O=C=NS(=O)(=O)N=C=O. The molecule has 0 radical (unpaired) electrons. The molecule has 0 aliphatic rings. The summed E-state index contributed by atoms with van der Waals surface area (Å²) in [4.78, 5) is 30.0. The fourth-order valence-corrected chi connectivity index (χ4v) is 1.93. The zero-order valence-electron chi connectivity index (χ0n) is 9.90. The monoisotopic (exact) mass is 338 g/mol. The van der Waals surface area contributed by atoms with E-state index in [4.69, 9.17) is 16.3 Å². The van der Waals surface area contributed by atoms with Gasteiger partial charge in [0.15, 0.2) is 0 Å². The normalized spacial score (nSPS) is 9.30. The molecule has 0 fully saturated rings. The van der Waals surface area contributed by atoms with Crippen molar-refractivity contribution in [2.24, 2.45) is 8.80 Å². The highest BCUT2D eigenvalue weighted by Gasteiger charge is 2.07. The van der Waals surface area contributed by atoms with Crippen LogP contribution < -0.4 is 0 Å². The molecule has 1 heterocycles. The number of carbonyl (C=O) groups excluding carboxylic acids is 3. The minimum absolute atomic E-state index is 0.301. The van der Waals surface area contributed by atoms with Crippen molar-refractivity contribution in [1.82, 2.24) is 0 Å². The lowest BCUT2D eigenvalue weighted by Crippen LogP contribution is -2.01. The lowest BCUT2D eigenvalue weighted by atomic mass is 10.5. The zero-order valence-corrected chi connectivity index (χ0v) is 12.3. The Labute approximate surface area is 122 Å². The van der Waals surface area contributed by atoms with Crippen LogP contribution in [0.15, 0.2) is 20.2 Å². The Balaban J connectivity index is 0.000000370. The van der Waals surface area contributed by atoms with Crippen LogP contribution in [-0.4, -0.2) is 33.2 Å². The van der Waals surface area contributed by atoms with E-state index in [0.29, 0.717) is 28.7 Å². The van der Waals surface area contributed by atoms with Gasteiger partial charge in [-0.15, -0.1) is 11.3 Å². The Hall–Kier alpha value is -1.83. The average molecular weight is 339 g/mol. The van der Waals surface area contributed by atoms with E-state index in [2.05, 4.69) is 8.80 Å². The Morgan fingerprint density at radius 1 is 1.40 bits per heavy atom. The van der Waals surface area contributed by atoms with Crippen LogP contribution in [0.4, 0.5) is 0 Å². The molecule has 8 nitrogen and oxygen atoms in total. The molecule has 0 atom stereocenters. The molecule has 1 aromatic rings. The number of carbonyl (C=O) groups is 1. The number of rotatable bonds is 4. The van der Waals surface area contributed by atoms with Gasteiger partial charge in [-0.05, 0) is 13.0 Å². The van der Waals surface area contributed by atoms with Crippen LogP contribution in [0.25, 0.3) is 0 Å². The Bertz CT molecular complexity index is 632. The van der Waals surface area contributed by atoms with Crippen LogP contribution in [0.5, 0.6) is 0 Å². The molecule has 0 aliphatic carbocycles. The van der Waals surface area contributed by atoms with Crippen LogP contribution in [0.1, 0.15) is 16.6 Å². The summed E-state index contributed by atoms with van der Waals surface area (Å²) in [6.07, 6.45) is 1.41. The Kier molecular flexibility index (Phi) is 8.30. The third kappa shape index (κ3) is 7.57. The predicted octanol–water partition coefficient (Wildman–Crippen LogP) is 1.48. The minimum Gasteiger partial charge on any atom is -0.462 e. The van der Waals surface area contributed by atoms with E-state index in [1.165, 1.54) is 11.3 Å². The van der Waals surface area contributed by atoms with Crippen molar-refractivity contribution in [1.29, 1.82) is 0 Å². The summed E-state index contributed by atoms with van der Waals surface area (Å²) in [7, 11) is -4.28. The summed E-state index contributed by atoms with van der Waals surface area (Å²) in [5, 5.41) is 2.28. The fraction of sp³-hybridized carbons (Fsp3) is 0.222. The first kappa shape index (κ1) is 18.2. The molecule has 0 aromatic carbocycles. The molecule has 20 heavy (non-hydrogen) atoms. The highest BCUT2D eigenvalue weighted by molar-refractivity contribution is 7.89. The lowest BCUT2D eigenvalue weighted by molar-refractivity contribution is 0.0532. The van der Waals surface area contributed by atoms with E-state index in [1.54, 1.807) is 18.4 Å². The number of nitrogens with zero attached hydrogens (tertiary/aromatic N) is 2. The second-order valence-corrected chi connectivity index (χ2v) is 5.27. The molecule has 0 bridgehead atoms. The van der Waals surface area contributed by atoms with Crippen molar-refractivity contribution in [3.63, 3.8) is 0 Å². The standard InChI is InChI=1S/C7H7ClO2S.C2N2O4S/c1-2-10-7(9)6-3-5(8)4-11-6;5-1-3-9(7,8)4-2-6/h3-4H,2H2,1H3;. The van der Waals surface area contributed by atoms with Crippen molar-refractivity contribution in [3.05, 3.63) is 21.3 Å². The third-order valence-corrected chi connectivity index (χ3v) is 3.22. The molecule has 1 aromatic heterocycles. The molecule has 0 saturated carbocycles. The number of thiophene rings is 1. The van der Waals surface area contributed by atoms with Crippen LogP contribution >= 0.6 is 22.9 Å². The van der Waals surface area contributed by atoms with Crippen LogP contribution in [0.2, 0.25) is 5.02 Å². The summed E-state index contributed by atoms with van der Waals surface area (Å²) in [5.41, 5.74) is 0. The van der Waals surface area contributed by atoms with Crippen molar-refractivity contribution < 1.29 is 27.5 Å². The van der Waals surface area contributed by atoms with E-state index < -0.39 is 10.2 Å². The molecule has 0 spiro atoms. The molecular weight excluding hydrogens is 332 g/mol. The van der Waals surface area contributed by atoms with Crippen molar-refractivity contribution in [2.75, 3.05) is 6.61 Å². The van der Waals surface area contributed by atoms with Gasteiger partial charge in [0, 0.05) is 5.38 Å². The van der Waals surface area contributed by atoms with E-state index >= 15 is 0 Å². The van der Waals surface area contributed by atoms with E-state index in [1.807, 2.05) is 0 Å². The Morgan fingerprint density at radius 3 is 2.30 bits per heavy atom. The Morgan fingerprint density at radius 2 is 1.95 bits per heavy atom. The number of hydrogen-bond donors (Lipinski definition) is 0. The summed E-state index contributed by atoms with van der Waals surface area (Å²) in [6, 6.07) is 1.60. The van der Waals surface area contributed by atoms with Gasteiger partial charge >= 0.3 is 16.2 Å². The summed E-state index contributed by atoms with van der Waals surface area (Å²) < 4.78 is 29.1. The molecule has 0 saturated heterocycles. The van der Waals surface area contributed by atoms with Gasteiger partial charge < -0.3 is 4.74 Å². The van der Waals surface area contributed by atoms with Crippen LogP contribution in [0.3, 0.4) is 0 Å². The first-order valence-corrected chi connectivity index (χ1v) is 7.36. The van der Waals surface area contributed by atoms with Crippen molar-refractivity contribution >= 4 is 51.3 Å². The van der Waals surface area contributed by atoms with Gasteiger partial charge in [-0.25, -0.2) is 14.4 Å². The van der Waals surface area contributed by atoms with E-state index in [0.717, 1.165) is 0 Å². The van der Waals surface area contributed by atoms with Gasteiger partial charge in [-0.3, -0.25) is 0 Å². The molecule has 108 valence electrons. The summed E-state index contributed by atoms with van der Waals surface area (Å²) >= 11 is 6.90. The predicted molar refractivity (Wildman–Crippen MR) is 70.4 cm³/mol. The van der Waals surface area contributed by atoms with Gasteiger partial charge in [-0.2, -0.15) is 8.42 Å². The average Bonchev–Trinajstić information content (AvgIpc) is 2.77. The molecule has 0 amide bonds. The number of halogens is 1. The topological polar surface area (TPSA) is 119 Å². The highest BCUT2D eigenvalue weighted by atomic mass is 35.5. The van der Waals surface area contributed by atoms with Crippen molar-refractivity contribution in [3.8, 4) is 0 Å². The van der Waals surface area contributed by atoms with E-state index in [-0.39, 0.29) is 5.97 Å². The maximum absolute atomic E-state index is 11.0. The smallest absolute Gasteiger partial charge is 0.383 e. The van der Waals surface area contributed by atoms with Crippen molar-refractivity contribution in [2.45, 2.75) is 6.92 Å². The molecule has 0 unspecified atom stereocenters. The number of esters is 1. The van der Waals surface area contributed by atoms with Gasteiger partial charge in [0.25, 0.3) is 12.2 Å². The minimum atomic E-state index is -4.28. The molecule has 0 N–H and O–H groups in total. The molecule has 1 rings (SSSR count). The third-order valence-electron chi connectivity index (χ3n) is 1.35. The molecule has 0 aliphatic heterocycles. The first-order chi connectivity index (χ1) is 9.36. The van der Waals surface area contributed by atoms with Gasteiger partial charge in [0.2, 0.25) is 0 Å².